The van der Waals surface area contributed by atoms with E-state index >= 15 is 0 Å². The lowest BCUT2D eigenvalue weighted by molar-refractivity contribution is -0.139. The van der Waals surface area contributed by atoms with Gasteiger partial charge in [-0.15, -0.1) is 0 Å². The van der Waals surface area contributed by atoms with Gasteiger partial charge in [-0.2, -0.15) is 0 Å². The number of carbonyl (C=O) groups is 1. The second kappa shape index (κ2) is 10.3. The predicted octanol–water partition coefficient (Wildman–Crippen LogP) is 4.21. The van der Waals surface area contributed by atoms with Crippen molar-refractivity contribution in [1.29, 1.82) is 0 Å². The highest BCUT2D eigenvalue weighted by atomic mass is 35.5. The third-order valence-electron chi connectivity index (χ3n) is 5.37. The molecule has 0 spiro atoms. The highest BCUT2D eigenvalue weighted by molar-refractivity contribution is 7.07. The number of allylic oxidation sites excluding steroid dienone is 1. The van der Waals surface area contributed by atoms with Gasteiger partial charge in [-0.05, 0) is 56.7 Å². The molecule has 1 atom stereocenters. The quantitative estimate of drug-likeness (QED) is 0.480. The van der Waals surface area contributed by atoms with E-state index in [9.17, 15) is 14.7 Å². The molecule has 7 nitrogen and oxygen atoms in total. The summed E-state index contributed by atoms with van der Waals surface area (Å²) in [6.07, 6.45) is 1.51. The largest absolute Gasteiger partial charge is 0.506 e. The van der Waals surface area contributed by atoms with Crippen LogP contribution in [-0.2, 0) is 9.53 Å². The predicted molar refractivity (Wildman–Crippen MR) is 136 cm³/mol. The monoisotopic (exact) mass is 532 g/mol. The summed E-state index contributed by atoms with van der Waals surface area (Å²) in [7, 11) is 0. The van der Waals surface area contributed by atoms with Gasteiger partial charge in [0.25, 0.3) is 5.56 Å². The molecule has 4 rings (SSSR count). The fraction of sp³-hybridized carbons (Fsp3) is 0.240. The molecule has 0 unspecified atom stereocenters. The molecule has 10 heteroatoms. The number of phenolic OH excluding ortho intramolecular Hbond substituents is 1. The Balaban J connectivity index is 1.94. The van der Waals surface area contributed by atoms with Crippen LogP contribution in [0, 0.1) is 0 Å². The first kappa shape index (κ1) is 25.0. The van der Waals surface area contributed by atoms with Gasteiger partial charge in [0.05, 0.1) is 40.1 Å². The van der Waals surface area contributed by atoms with Gasteiger partial charge in [0.2, 0.25) is 0 Å². The summed E-state index contributed by atoms with van der Waals surface area (Å²) in [6.45, 7) is 6.03. The number of halogens is 2. The van der Waals surface area contributed by atoms with Gasteiger partial charge >= 0.3 is 5.97 Å². The van der Waals surface area contributed by atoms with E-state index in [4.69, 9.17) is 32.7 Å². The molecule has 182 valence electrons. The molecule has 1 N–H and O–H groups in total. The Bertz CT molecular complexity index is 1510. The Morgan fingerprint density at radius 1 is 1.20 bits per heavy atom. The van der Waals surface area contributed by atoms with Crippen molar-refractivity contribution < 1.29 is 19.4 Å². The summed E-state index contributed by atoms with van der Waals surface area (Å²) in [5.74, 6) is -0.0510. The Labute approximate surface area is 215 Å². The van der Waals surface area contributed by atoms with Crippen molar-refractivity contribution in [2.75, 3.05) is 13.2 Å². The third-order valence-corrected chi connectivity index (χ3v) is 6.86. The molecule has 1 aromatic heterocycles. The average Bonchev–Trinajstić information content (AvgIpc) is 3.11. The number of hydrogen-bond acceptors (Lipinski definition) is 7. The molecule has 0 radical (unpaired) electrons. The second-order valence-corrected chi connectivity index (χ2v) is 9.48. The minimum Gasteiger partial charge on any atom is -0.506 e. The topological polar surface area (TPSA) is 90.1 Å². The number of benzene rings is 2. The van der Waals surface area contributed by atoms with Gasteiger partial charge in [0.1, 0.15) is 11.5 Å². The zero-order valence-electron chi connectivity index (χ0n) is 19.2. The van der Waals surface area contributed by atoms with E-state index in [1.54, 1.807) is 26.0 Å². The number of aromatic hydroxyl groups is 1. The molecule has 0 fully saturated rings. The van der Waals surface area contributed by atoms with Crippen molar-refractivity contribution in [3.8, 4) is 11.5 Å². The summed E-state index contributed by atoms with van der Waals surface area (Å²) in [4.78, 5) is 31.5. The van der Waals surface area contributed by atoms with E-state index in [2.05, 4.69) is 4.99 Å². The number of rotatable bonds is 6. The first-order chi connectivity index (χ1) is 16.7. The van der Waals surface area contributed by atoms with Crippen LogP contribution in [0.25, 0.3) is 6.08 Å². The zero-order valence-corrected chi connectivity index (χ0v) is 21.5. The van der Waals surface area contributed by atoms with E-state index in [0.29, 0.717) is 43.5 Å². The number of ether oxygens (including phenoxy) is 2. The maximum atomic E-state index is 13.6. The van der Waals surface area contributed by atoms with Crippen LogP contribution >= 0.6 is 34.5 Å². The van der Waals surface area contributed by atoms with Crippen molar-refractivity contribution in [1.82, 2.24) is 4.57 Å². The number of carbonyl (C=O) groups excluding carboxylic acids is 1. The maximum absolute atomic E-state index is 13.6. The number of thiazole rings is 1. The molecule has 3 aromatic rings. The molecule has 35 heavy (non-hydrogen) atoms. The lowest BCUT2D eigenvalue weighted by Gasteiger charge is -2.24. The van der Waals surface area contributed by atoms with Crippen LogP contribution in [0.4, 0.5) is 0 Å². The molecule has 0 bridgehead atoms. The smallest absolute Gasteiger partial charge is 0.338 e. The number of fused-ring (bicyclic) bond motifs is 1. The number of esters is 1. The Hall–Kier alpha value is -3.07. The molecule has 1 aliphatic rings. The van der Waals surface area contributed by atoms with Gasteiger partial charge in [-0.3, -0.25) is 9.36 Å². The number of phenols is 1. The number of nitrogens with zero attached hydrogens (tertiary/aromatic N) is 2. The van der Waals surface area contributed by atoms with E-state index < -0.39 is 12.0 Å². The van der Waals surface area contributed by atoms with Crippen molar-refractivity contribution in [3.63, 3.8) is 0 Å². The molecule has 0 saturated heterocycles. The van der Waals surface area contributed by atoms with Crippen molar-refractivity contribution in [2.24, 2.45) is 4.99 Å². The molecular formula is C25H22Cl2N2O5S. The molecule has 2 heterocycles. The van der Waals surface area contributed by atoms with Gasteiger partial charge < -0.3 is 14.6 Å². The maximum Gasteiger partial charge on any atom is 0.338 e. The van der Waals surface area contributed by atoms with Crippen molar-refractivity contribution in [3.05, 3.63) is 88.5 Å². The van der Waals surface area contributed by atoms with Crippen LogP contribution in [0.15, 0.2) is 57.5 Å². The fourth-order valence-electron chi connectivity index (χ4n) is 3.86. The van der Waals surface area contributed by atoms with E-state index in [1.165, 1.54) is 22.8 Å². The van der Waals surface area contributed by atoms with E-state index in [-0.39, 0.29) is 28.5 Å². The average molecular weight is 533 g/mol. The summed E-state index contributed by atoms with van der Waals surface area (Å²) in [6, 6.07) is 9.39. The summed E-state index contributed by atoms with van der Waals surface area (Å²) >= 11 is 13.3. The second-order valence-electron chi connectivity index (χ2n) is 7.63. The summed E-state index contributed by atoms with van der Waals surface area (Å²) in [5, 5.41) is 10.8. The number of hydrogen-bond donors (Lipinski definition) is 1. The van der Waals surface area contributed by atoms with Crippen LogP contribution in [0.5, 0.6) is 11.5 Å². The number of aromatic nitrogens is 1. The van der Waals surface area contributed by atoms with Crippen molar-refractivity contribution in [2.45, 2.75) is 26.8 Å². The van der Waals surface area contributed by atoms with Gasteiger partial charge in [0.15, 0.2) is 4.80 Å². The van der Waals surface area contributed by atoms with Crippen LogP contribution in [0.2, 0.25) is 10.0 Å². The summed E-state index contributed by atoms with van der Waals surface area (Å²) in [5.41, 5.74) is 1.36. The standard InChI is InChI=1S/C25H22Cl2N2O5S/c1-4-33-17-8-6-14(7-9-17)21-20(24(32)34-5-2)13(3)28-25-29(21)23(31)19(35-25)11-15-10-16(26)12-18(27)22(15)30/h6-12,21,30H,4-5H2,1-3H3/b19-11-/t21-/m1/s1. The van der Waals surface area contributed by atoms with E-state index in [0.717, 1.165) is 11.3 Å². The molecule has 1 aliphatic heterocycles. The third kappa shape index (κ3) is 4.87. The van der Waals surface area contributed by atoms with Gasteiger partial charge in [-0.1, -0.05) is 46.7 Å². The van der Waals surface area contributed by atoms with Crippen LogP contribution < -0.4 is 19.6 Å². The summed E-state index contributed by atoms with van der Waals surface area (Å²) < 4.78 is 12.6. The van der Waals surface area contributed by atoms with Crippen LogP contribution in [0.1, 0.15) is 37.9 Å². The molecule has 0 amide bonds. The SMILES string of the molecule is CCOC(=O)C1=C(C)N=c2s/c(=C\c3cc(Cl)cc(Cl)c3O)c(=O)n2[C@@H]1c1ccc(OCC)cc1. The molecule has 0 aliphatic carbocycles. The van der Waals surface area contributed by atoms with Crippen molar-refractivity contribution >= 4 is 46.6 Å². The Morgan fingerprint density at radius 2 is 1.91 bits per heavy atom. The van der Waals surface area contributed by atoms with Crippen LogP contribution in [0.3, 0.4) is 0 Å². The fourth-order valence-corrected chi connectivity index (χ4v) is 5.40. The minimum absolute atomic E-state index is 0.0734. The highest BCUT2D eigenvalue weighted by Gasteiger charge is 2.33. The van der Waals surface area contributed by atoms with Gasteiger partial charge in [0, 0.05) is 10.6 Å². The van der Waals surface area contributed by atoms with Crippen LogP contribution in [-0.4, -0.2) is 28.9 Å². The zero-order chi connectivity index (χ0) is 25.3. The van der Waals surface area contributed by atoms with E-state index in [1.807, 2.05) is 19.1 Å². The lowest BCUT2D eigenvalue weighted by Crippen LogP contribution is -2.39. The molecular weight excluding hydrogens is 511 g/mol. The Morgan fingerprint density at radius 3 is 2.57 bits per heavy atom. The molecule has 0 saturated carbocycles. The molecule has 2 aromatic carbocycles. The normalized spacial score (nSPS) is 15.6. The first-order valence-electron chi connectivity index (χ1n) is 10.9. The first-order valence-corrected chi connectivity index (χ1v) is 12.4. The lowest BCUT2D eigenvalue weighted by atomic mass is 9.96. The Kier molecular flexibility index (Phi) is 7.35. The highest BCUT2D eigenvalue weighted by Crippen LogP contribution is 2.33. The minimum atomic E-state index is -0.750. The van der Waals surface area contributed by atoms with Gasteiger partial charge in [-0.25, -0.2) is 9.79 Å².